The second-order valence-corrected chi connectivity index (χ2v) is 10.6. The van der Waals surface area contributed by atoms with Gasteiger partial charge in [-0.05, 0) is 37.1 Å². The van der Waals surface area contributed by atoms with Crippen LogP contribution in [0.4, 0.5) is 28.3 Å². The molecule has 34 heavy (non-hydrogen) atoms. The van der Waals surface area contributed by atoms with Crippen LogP contribution in [0.1, 0.15) is 31.2 Å². The minimum atomic E-state index is -4.71. The summed E-state index contributed by atoms with van der Waals surface area (Å²) in [6.45, 7) is 2.94. The SMILES string of the molecule is CC1CN(Cc2ccc(S(C)(=O)=O)cc2F)C(=O)N1C1CCN(c2noc(C(F)(F)F)n2)CC1. The fourth-order valence-corrected chi connectivity index (χ4v) is 5.01. The summed E-state index contributed by atoms with van der Waals surface area (Å²) in [6, 6.07) is 3.07. The summed E-state index contributed by atoms with van der Waals surface area (Å²) in [4.78, 5) is 21.2. The fourth-order valence-electron chi connectivity index (χ4n) is 4.38. The molecule has 0 radical (unpaired) electrons. The molecule has 1 aromatic heterocycles. The van der Waals surface area contributed by atoms with Crippen molar-refractivity contribution in [3.63, 3.8) is 0 Å². The van der Waals surface area contributed by atoms with E-state index in [2.05, 4.69) is 14.7 Å². The predicted octanol–water partition coefficient (Wildman–Crippen LogP) is 2.93. The lowest BCUT2D eigenvalue weighted by Crippen LogP contribution is -2.48. The van der Waals surface area contributed by atoms with Crippen LogP contribution in [0.5, 0.6) is 0 Å². The van der Waals surface area contributed by atoms with Gasteiger partial charge < -0.3 is 19.2 Å². The van der Waals surface area contributed by atoms with E-state index in [1.807, 2.05) is 6.92 Å². The third-order valence-corrected chi connectivity index (χ3v) is 7.17. The number of hydrogen-bond donors (Lipinski definition) is 0. The Morgan fingerprint density at radius 2 is 1.88 bits per heavy atom. The number of sulfone groups is 1. The summed E-state index contributed by atoms with van der Waals surface area (Å²) in [7, 11) is -3.55. The fraction of sp³-hybridized carbons (Fsp3) is 0.550. The first-order chi connectivity index (χ1) is 15.8. The first-order valence-electron chi connectivity index (χ1n) is 10.6. The molecule has 0 spiro atoms. The molecule has 186 valence electrons. The molecule has 4 rings (SSSR count). The van der Waals surface area contributed by atoms with E-state index in [9.17, 15) is 30.8 Å². The van der Waals surface area contributed by atoms with Gasteiger partial charge in [-0.1, -0.05) is 6.07 Å². The number of carbonyl (C=O) groups is 1. The maximum Gasteiger partial charge on any atom is 0.471 e. The van der Waals surface area contributed by atoms with Gasteiger partial charge in [0.15, 0.2) is 9.84 Å². The molecule has 2 fully saturated rings. The second kappa shape index (κ2) is 8.71. The highest BCUT2D eigenvalue weighted by atomic mass is 32.2. The average Bonchev–Trinajstić information content (AvgIpc) is 3.34. The lowest BCUT2D eigenvalue weighted by atomic mass is 10.0. The van der Waals surface area contributed by atoms with Gasteiger partial charge in [-0.15, -0.1) is 0 Å². The number of benzene rings is 1. The summed E-state index contributed by atoms with van der Waals surface area (Å²) in [5.41, 5.74) is 0.210. The largest absolute Gasteiger partial charge is 0.471 e. The van der Waals surface area contributed by atoms with Crippen LogP contribution in [0, 0.1) is 5.82 Å². The van der Waals surface area contributed by atoms with Crippen molar-refractivity contribution in [3.8, 4) is 0 Å². The quantitative estimate of drug-likeness (QED) is 0.576. The maximum atomic E-state index is 14.5. The van der Waals surface area contributed by atoms with Gasteiger partial charge in [0, 0.05) is 43.5 Å². The lowest BCUT2D eigenvalue weighted by Gasteiger charge is -2.37. The third kappa shape index (κ3) is 4.81. The Bertz CT molecular complexity index is 1180. The molecule has 2 aliphatic rings. The minimum absolute atomic E-state index is 0.00251. The van der Waals surface area contributed by atoms with Gasteiger partial charge in [0.1, 0.15) is 5.82 Å². The Morgan fingerprint density at radius 1 is 1.21 bits per heavy atom. The molecule has 1 aromatic carbocycles. The monoisotopic (exact) mass is 505 g/mol. The van der Waals surface area contributed by atoms with Gasteiger partial charge in [-0.3, -0.25) is 0 Å². The summed E-state index contributed by atoms with van der Waals surface area (Å²) in [6.07, 6.45) is -2.73. The molecule has 0 bridgehead atoms. The summed E-state index contributed by atoms with van der Waals surface area (Å²) < 4.78 is 80.1. The summed E-state index contributed by atoms with van der Waals surface area (Å²) in [5, 5.41) is 3.41. The Morgan fingerprint density at radius 3 is 2.44 bits per heavy atom. The van der Waals surface area contributed by atoms with E-state index in [1.54, 1.807) is 9.80 Å². The van der Waals surface area contributed by atoms with Gasteiger partial charge in [0.05, 0.1) is 11.4 Å². The molecule has 0 aliphatic carbocycles. The summed E-state index contributed by atoms with van der Waals surface area (Å²) >= 11 is 0. The number of carbonyl (C=O) groups excluding carboxylic acids is 1. The van der Waals surface area contributed by atoms with Crippen molar-refractivity contribution in [2.24, 2.45) is 0 Å². The van der Waals surface area contributed by atoms with E-state index < -0.39 is 27.7 Å². The molecule has 2 amide bonds. The first kappa shape index (κ1) is 24.2. The number of aromatic nitrogens is 2. The van der Waals surface area contributed by atoms with Gasteiger partial charge in [-0.2, -0.15) is 18.2 Å². The number of nitrogens with zero attached hydrogens (tertiary/aromatic N) is 5. The van der Waals surface area contributed by atoms with Crippen molar-refractivity contribution in [1.82, 2.24) is 19.9 Å². The topological polar surface area (TPSA) is 99.9 Å². The number of amides is 2. The van der Waals surface area contributed by atoms with E-state index >= 15 is 0 Å². The molecule has 1 unspecified atom stereocenters. The van der Waals surface area contributed by atoms with Gasteiger partial charge >= 0.3 is 18.1 Å². The highest BCUT2D eigenvalue weighted by Crippen LogP contribution is 2.31. The van der Waals surface area contributed by atoms with Crippen molar-refractivity contribution < 1.29 is 35.3 Å². The molecule has 9 nitrogen and oxygen atoms in total. The number of rotatable bonds is 5. The van der Waals surface area contributed by atoms with Crippen molar-refractivity contribution >= 4 is 21.8 Å². The molecule has 2 aromatic rings. The smallest absolute Gasteiger partial charge is 0.338 e. The molecule has 1 atom stereocenters. The number of alkyl halides is 3. The van der Waals surface area contributed by atoms with Crippen LogP contribution in [0.2, 0.25) is 0 Å². The average molecular weight is 505 g/mol. The molecular weight excluding hydrogens is 482 g/mol. The molecule has 2 saturated heterocycles. The predicted molar refractivity (Wildman–Crippen MR) is 111 cm³/mol. The van der Waals surface area contributed by atoms with E-state index in [1.165, 1.54) is 17.0 Å². The minimum Gasteiger partial charge on any atom is -0.338 e. The number of urea groups is 1. The number of hydrogen-bond acceptors (Lipinski definition) is 7. The van der Waals surface area contributed by atoms with Crippen LogP contribution in [-0.2, 0) is 22.6 Å². The van der Waals surface area contributed by atoms with Crippen LogP contribution >= 0.6 is 0 Å². The van der Waals surface area contributed by atoms with Crippen LogP contribution in [-0.4, -0.2) is 72.4 Å². The van der Waals surface area contributed by atoms with Crippen LogP contribution < -0.4 is 4.90 Å². The maximum absolute atomic E-state index is 14.5. The van der Waals surface area contributed by atoms with E-state index in [-0.39, 0.29) is 41.1 Å². The molecule has 0 saturated carbocycles. The van der Waals surface area contributed by atoms with Gasteiger partial charge in [0.25, 0.3) is 5.95 Å². The second-order valence-electron chi connectivity index (χ2n) is 8.56. The van der Waals surface area contributed by atoms with Crippen LogP contribution in [0.15, 0.2) is 27.6 Å². The first-order valence-corrected chi connectivity index (χ1v) is 12.5. The molecule has 3 heterocycles. The molecule has 2 aliphatic heterocycles. The molecule has 0 N–H and O–H groups in total. The van der Waals surface area contributed by atoms with Gasteiger partial charge in [-0.25, -0.2) is 17.6 Å². The van der Waals surface area contributed by atoms with Crippen LogP contribution in [0.3, 0.4) is 0 Å². The number of piperidine rings is 1. The number of halogens is 4. The van der Waals surface area contributed by atoms with Crippen molar-refractivity contribution in [2.75, 3.05) is 30.8 Å². The van der Waals surface area contributed by atoms with Gasteiger partial charge in [0.2, 0.25) is 0 Å². The Kier molecular flexibility index (Phi) is 6.21. The van der Waals surface area contributed by atoms with Crippen molar-refractivity contribution in [3.05, 3.63) is 35.5 Å². The van der Waals surface area contributed by atoms with E-state index in [4.69, 9.17) is 0 Å². The zero-order chi connectivity index (χ0) is 24.8. The highest BCUT2D eigenvalue weighted by Gasteiger charge is 2.42. The van der Waals surface area contributed by atoms with E-state index in [0.717, 1.165) is 12.3 Å². The molecular formula is C20H23F4N5O4S. The standard InChI is InChI=1S/C20H23F4N5O4S/c1-12-10-28(11-13-3-4-15(9-16(13)21)34(2,31)32)19(30)29(12)14-5-7-27(8-6-14)18-25-17(33-26-18)20(22,23)24/h3-4,9,12,14H,5-8,10-11H2,1-2H3. The highest BCUT2D eigenvalue weighted by molar-refractivity contribution is 7.90. The van der Waals surface area contributed by atoms with E-state index in [0.29, 0.717) is 32.5 Å². The Labute approximate surface area is 193 Å². The molecule has 14 heteroatoms. The van der Waals surface area contributed by atoms with Crippen LogP contribution in [0.25, 0.3) is 0 Å². The Balaban J connectivity index is 1.39. The Hall–Kier alpha value is -2.90. The van der Waals surface area contributed by atoms with Crippen molar-refractivity contribution in [1.29, 1.82) is 0 Å². The third-order valence-electron chi connectivity index (χ3n) is 6.06. The van der Waals surface area contributed by atoms with Crippen molar-refractivity contribution in [2.45, 2.75) is 49.5 Å². The normalized spacial score (nSPS) is 20.5. The lowest BCUT2D eigenvalue weighted by molar-refractivity contribution is -0.159. The summed E-state index contributed by atoms with van der Waals surface area (Å²) in [5.74, 6) is -2.24. The number of anilines is 1. The zero-order valence-electron chi connectivity index (χ0n) is 18.4. The zero-order valence-corrected chi connectivity index (χ0v) is 19.2.